The molecule has 3 aliphatic heterocycles. The minimum absolute atomic E-state index is 0.0872. The second-order valence-corrected chi connectivity index (χ2v) is 8.27. The van der Waals surface area contributed by atoms with Crippen LogP contribution in [0, 0.1) is 5.92 Å². The standard InChI is InChI=1S/C22H24ClN3O/c23-18-9-6-16(7-10-18)21-20(15-4-5-15)24-19-11-8-17(14-26(19)21)22(27)25-12-2-1-3-13-25/h6-11,14-15,19,24H,1-5,12-13H2. The molecule has 140 valence electrons. The summed E-state index contributed by atoms with van der Waals surface area (Å²) >= 11 is 6.10. The molecule has 5 rings (SSSR count). The van der Waals surface area contributed by atoms with Gasteiger partial charge in [-0.2, -0.15) is 0 Å². The van der Waals surface area contributed by atoms with Gasteiger partial charge in [0.2, 0.25) is 0 Å². The number of rotatable bonds is 3. The third kappa shape index (κ3) is 3.16. The Kier molecular flexibility index (Phi) is 4.24. The Hall–Kier alpha value is -2.20. The summed E-state index contributed by atoms with van der Waals surface area (Å²) in [6.45, 7) is 1.75. The highest BCUT2D eigenvalue weighted by Crippen LogP contribution is 2.44. The number of carbonyl (C=O) groups is 1. The highest BCUT2D eigenvalue weighted by Gasteiger charge is 2.39. The molecular weight excluding hydrogens is 358 g/mol. The Morgan fingerprint density at radius 1 is 1.07 bits per heavy atom. The van der Waals surface area contributed by atoms with Crippen molar-refractivity contribution in [1.29, 1.82) is 0 Å². The van der Waals surface area contributed by atoms with Crippen LogP contribution in [0.25, 0.3) is 5.70 Å². The summed E-state index contributed by atoms with van der Waals surface area (Å²) in [4.78, 5) is 17.2. The maximum absolute atomic E-state index is 13.0. The number of amides is 1. The van der Waals surface area contributed by atoms with Gasteiger partial charge in [-0.05, 0) is 56.4 Å². The predicted molar refractivity (Wildman–Crippen MR) is 108 cm³/mol. The smallest absolute Gasteiger partial charge is 0.255 e. The number of piperidine rings is 1. The van der Waals surface area contributed by atoms with Crippen molar-refractivity contribution in [2.45, 2.75) is 38.3 Å². The maximum atomic E-state index is 13.0. The van der Waals surface area contributed by atoms with Gasteiger partial charge >= 0.3 is 0 Å². The van der Waals surface area contributed by atoms with E-state index in [0.717, 1.165) is 42.1 Å². The summed E-state index contributed by atoms with van der Waals surface area (Å²) in [5.74, 6) is 0.754. The van der Waals surface area contributed by atoms with Gasteiger partial charge < -0.3 is 15.1 Å². The van der Waals surface area contributed by atoms with Crippen LogP contribution >= 0.6 is 11.6 Å². The lowest BCUT2D eigenvalue weighted by Crippen LogP contribution is -2.39. The van der Waals surface area contributed by atoms with Crippen LogP contribution in [0.2, 0.25) is 5.02 Å². The molecule has 1 aliphatic carbocycles. The predicted octanol–water partition coefficient (Wildman–Crippen LogP) is 4.12. The molecule has 1 aromatic carbocycles. The summed E-state index contributed by atoms with van der Waals surface area (Å²) in [6, 6.07) is 8.01. The zero-order valence-electron chi connectivity index (χ0n) is 15.3. The van der Waals surface area contributed by atoms with Gasteiger partial charge in [0, 0.05) is 41.5 Å². The summed E-state index contributed by atoms with van der Waals surface area (Å²) in [7, 11) is 0. The quantitative estimate of drug-likeness (QED) is 0.855. The average molecular weight is 382 g/mol. The van der Waals surface area contributed by atoms with Crippen molar-refractivity contribution in [3.63, 3.8) is 0 Å². The third-order valence-electron chi connectivity index (χ3n) is 5.85. The van der Waals surface area contributed by atoms with Crippen LogP contribution in [0.5, 0.6) is 0 Å². The second-order valence-electron chi connectivity index (χ2n) is 7.84. The van der Waals surface area contributed by atoms with E-state index in [9.17, 15) is 4.79 Å². The number of hydrogen-bond acceptors (Lipinski definition) is 3. The molecule has 1 atom stereocenters. The SMILES string of the molecule is O=C(C1=CN2C(c3ccc(Cl)cc3)=C(C3CC3)NC2C=C1)N1CCCCC1. The topological polar surface area (TPSA) is 35.6 Å². The molecule has 1 saturated carbocycles. The summed E-state index contributed by atoms with van der Waals surface area (Å²) in [5, 5.41) is 4.41. The first kappa shape index (κ1) is 16.9. The van der Waals surface area contributed by atoms with Gasteiger partial charge in [0.05, 0.1) is 11.3 Å². The number of hydrogen-bond donors (Lipinski definition) is 1. The van der Waals surface area contributed by atoms with E-state index < -0.39 is 0 Å². The van der Waals surface area contributed by atoms with Crippen LogP contribution in [0.1, 0.15) is 37.7 Å². The molecule has 27 heavy (non-hydrogen) atoms. The largest absolute Gasteiger partial charge is 0.363 e. The van der Waals surface area contributed by atoms with Gasteiger partial charge in [-0.1, -0.05) is 23.7 Å². The Bertz CT molecular complexity index is 845. The summed E-state index contributed by atoms with van der Waals surface area (Å²) in [5.41, 5.74) is 4.41. The number of halogens is 1. The first-order valence-corrected chi connectivity index (χ1v) is 10.3. The van der Waals surface area contributed by atoms with E-state index in [1.807, 2.05) is 29.3 Å². The lowest BCUT2D eigenvalue weighted by Gasteiger charge is -2.31. The number of benzene rings is 1. The molecule has 1 saturated heterocycles. The molecule has 1 amide bonds. The van der Waals surface area contributed by atoms with Crippen LogP contribution < -0.4 is 5.32 Å². The summed E-state index contributed by atoms with van der Waals surface area (Å²) in [6.07, 6.45) is 12.1. The van der Waals surface area contributed by atoms with Crippen LogP contribution in [-0.2, 0) is 4.79 Å². The molecule has 5 heteroatoms. The highest BCUT2D eigenvalue weighted by molar-refractivity contribution is 6.30. The van der Waals surface area contributed by atoms with Crippen LogP contribution in [0.4, 0.5) is 0 Å². The zero-order chi connectivity index (χ0) is 18.4. The lowest BCUT2D eigenvalue weighted by atomic mass is 10.1. The lowest BCUT2D eigenvalue weighted by molar-refractivity contribution is -0.127. The molecule has 4 nitrogen and oxygen atoms in total. The number of fused-ring (bicyclic) bond motifs is 1. The Morgan fingerprint density at radius 2 is 1.81 bits per heavy atom. The van der Waals surface area contributed by atoms with E-state index in [-0.39, 0.29) is 12.1 Å². The molecular formula is C22H24ClN3O. The highest BCUT2D eigenvalue weighted by atomic mass is 35.5. The number of nitrogens with zero attached hydrogens (tertiary/aromatic N) is 2. The van der Waals surface area contributed by atoms with Gasteiger partial charge in [0.1, 0.15) is 6.17 Å². The first-order valence-electron chi connectivity index (χ1n) is 9.95. The fraction of sp³-hybridized carbons (Fsp3) is 0.409. The van der Waals surface area contributed by atoms with Crippen molar-refractivity contribution in [2.24, 2.45) is 5.92 Å². The van der Waals surface area contributed by atoms with Crippen molar-refractivity contribution >= 4 is 23.2 Å². The fourth-order valence-corrected chi connectivity index (χ4v) is 4.38. The van der Waals surface area contributed by atoms with E-state index in [4.69, 9.17) is 11.6 Å². The molecule has 0 radical (unpaired) electrons. The van der Waals surface area contributed by atoms with Crippen LogP contribution in [0.3, 0.4) is 0 Å². The molecule has 1 aromatic rings. The van der Waals surface area contributed by atoms with Crippen molar-refractivity contribution < 1.29 is 4.79 Å². The van der Waals surface area contributed by atoms with Crippen molar-refractivity contribution in [2.75, 3.05) is 13.1 Å². The van der Waals surface area contributed by atoms with Gasteiger partial charge in [-0.15, -0.1) is 0 Å². The Morgan fingerprint density at radius 3 is 2.52 bits per heavy atom. The van der Waals surface area contributed by atoms with E-state index in [1.165, 1.54) is 30.7 Å². The minimum atomic E-state index is 0.0872. The number of nitrogens with one attached hydrogen (secondary N) is 1. The minimum Gasteiger partial charge on any atom is -0.363 e. The van der Waals surface area contributed by atoms with E-state index in [0.29, 0.717) is 5.92 Å². The van der Waals surface area contributed by atoms with E-state index in [1.54, 1.807) is 0 Å². The van der Waals surface area contributed by atoms with Gasteiger partial charge in [0.25, 0.3) is 5.91 Å². The monoisotopic (exact) mass is 381 g/mol. The molecule has 4 aliphatic rings. The van der Waals surface area contributed by atoms with E-state index in [2.05, 4.69) is 28.4 Å². The number of likely N-dealkylation sites (tertiary alicyclic amines) is 1. The van der Waals surface area contributed by atoms with Crippen molar-refractivity contribution in [3.05, 3.63) is 64.5 Å². The zero-order valence-corrected chi connectivity index (χ0v) is 16.1. The van der Waals surface area contributed by atoms with Crippen LogP contribution in [-0.4, -0.2) is 35.0 Å². The molecule has 1 unspecified atom stereocenters. The summed E-state index contributed by atoms with van der Waals surface area (Å²) < 4.78 is 0. The molecule has 0 bridgehead atoms. The fourth-order valence-electron chi connectivity index (χ4n) is 4.25. The molecule has 1 N–H and O–H groups in total. The normalized spacial score (nSPS) is 24.6. The first-order chi connectivity index (χ1) is 13.2. The average Bonchev–Trinajstić information content (AvgIpc) is 3.49. The van der Waals surface area contributed by atoms with Crippen molar-refractivity contribution in [1.82, 2.24) is 15.1 Å². The Balaban J connectivity index is 1.49. The number of carbonyl (C=O) groups excluding carboxylic acids is 1. The van der Waals surface area contributed by atoms with Crippen molar-refractivity contribution in [3.8, 4) is 0 Å². The van der Waals surface area contributed by atoms with Gasteiger partial charge in [0.15, 0.2) is 0 Å². The second kappa shape index (κ2) is 6.75. The molecule has 0 spiro atoms. The van der Waals surface area contributed by atoms with E-state index >= 15 is 0 Å². The number of allylic oxidation sites excluding steroid dienone is 1. The molecule has 0 aromatic heterocycles. The van der Waals surface area contributed by atoms with Gasteiger partial charge in [-0.25, -0.2) is 0 Å². The molecule has 2 fully saturated rings. The Labute approximate surface area is 165 Å². The molecule has 3 heterocycles. The van der Waals surface area contributed by atoms with Gasteiger partial charge in [-0.3, -0.25) is 4.79 Å². The maximum Gasteiger partial charge on any atom is 0.255 e. The van der Waals surface area contributed by atoms with Crippen LogP contribution in [0.15, 0.2) is 53.9 Å². The third-order valence-corrected chi connectivity index (χ3v) is 6.10.